The Balaban J connectivity index is 1.78. The lowest BCUT2D eigenvalue weighted by atomic mass is 10.0. The molecule has 0 aliphatic heterocycles. The number of halogens is 1. The molecule has 0 aliphatic carbocycles. The van der Waals surface area contributed by atoms with Crippen LogP contribution in [0.3, 0.4) is 0 Å². The van der Waals surface area contributed by atoms with Crippen LogP contribution in [0.15, 0.2) is 59.2 Å². The molecule has 26 heavy (non-hydrogen) atoms. The summed E-state index contributed by atoms with van der Waals surface area (Å²) in [5.41, 5.74) is 3.91. The van der Waals surface area contributed by atoms with Crippen LogP contribution in [0.2, 0.25) is 0 Å². The molecule has 2 heterocycles. The zero-order chi connectivity index (χ0) is 18.4. The first kappa shape index (κ1) is 18.9. The van der Waals surface area contributed by atoms with Gasteiger partial charge in [-0.05, 0) is 60.9 Å². The average Bonchev–Trinajstić information content (AvgIpc) is 3.03. The van der Waals surface area contributed by atoms with E-state index in [1.807, 2.05) is 47.0 Å². The molecule has 0 bridgehead atoms. The third-order valence-corrected chi connectivity index (χ3v) is 5.43. The Morgan fingerprint density at radius 3 is 2.46 bits per heavy atom. The van der Waals surface area contributed by atoms with E-state index in [-0.39, 0.29) is 5.78 Å². The molecule has 3 aromatic rings. The second kappa shape index (κ2) is 9.18. The summed E-state index contributed by atoms with van der Waals surface area (Å²) in [6, 6.07) is 15.8. The Bertz CT molecular complexity index is 864. The van der Waals surface area contributed by atoms with Gasteiger partial charge >= 0.3 is 0 Å². The number of hydrogen-bond donors (Lipinski definition) is 0. The van der Waals surface area contributed by atoms with Gasteiger partial charge in [0.25, 0.3) is 0 Å². The predicted octanol–water partition coefficient (Wildman–Crippen LogP) is 6.84. The van der Waals surface area contributed by atoms with Crippen LogP contribution in [-0.2, 0) is 6.42 Å². The number of carbonyl (C=O) groups excluding carboxylic acids is 1. The second-order valence-corrected chi connectivity index (χ2v) is 7.78. The van der Waals surface area contributed by atoms with Crippen molar-refractivity contribution in [3.8, 4) is 0 Å². The molecule has 0 radical (unpaired) electrons. The molecule has 0 unspecified atom stereocenters. The van der Waals surface area contributed by atoms with E-state index in [4.69, 9.17) is 0 Å². The maximum Gasteiger partial charge on any atom is 0.209 e. The van der Waals surface area contributed by atoms with Crippen molar-refractivity contribution >= 4 is 27.2 Å². The normalized spacial score (nSPS) is 11.2. The summed E-state index contributed by atoms with van der Waals surface area (Å²) in [5, 5.41) is 0. The molecule has 0 atom stereocenters. The van der Waals surface area contributed by atoms with Crippen LogP contribution >= 0.6 is 15.9 Å². The molecular weight excluding hydrogens is 386 g/mol. The van der Waals surface area contributed by atoms with Crippen molar-refractivity contribution in [2.45, 2.75) is 51.9 Å². The number of carbonyl (C=O) groups is 1. The fourth-order valence-corrected chi connectivity index (χ4v) is 3.71. The number of aryl methyl sites for hydroxylation is 1. The Kier molecular flexibility index (Phi) is 6.67. The maximum atomic E-state index is 13.0. The first-order chi connectivity index (χ1) is 12.7. The van der Waals surface area contributed by atoms with Crippen molar-refractivity contribution < 1.29 is 4.79 Å². The number of unbranched alkanes of at least 4 members (excludes halogenated alkanes) is 5. The topological polar surface area (TPSA) is 21.5 Å². The van der Waals surface area contributed by atoms with E-state index in [1.165, 1.54) is 44.1 Å². The summed E-state index contributed by atoms with van der Waals surface area (Å²) in [6.07, 6.45) is 10.7. The van der Waals surface area contributed by atoms with E-state index >= 15 is 0 Å². The molecule has 0 aliphatic rings. The molecule has 1 aromatic carbocycles. The van der Waals surface area contributed by atoms with Gasteiger partial charge in [-0.25, -0.2) is 0 Å². The number of pyridine rings is 1. The predicted molar refractivity (Wildman–Crippen MR) is 112 cm³/mol. The standard InChI is InChI=1S/C23H26BrNO/c1-2-3-4-5-6-7-10-19-17-22(25-16-9-8-11-21(19)25)23(26)18-12-14-20(24)15-13-18/h8-9,11-17H,2-7,10H2,1H3. The molecule has 2 nitrogen and oxygen atoms in total. The minimum atomic E-state index is 0.0768. The smallest absolute Gasteiger partial charge is 0.209 e. The van der Waals surface area contributed by atoms with Gasteiger partial charge in [0.15, 0.2) is 0 Å². The number of benzene rings is 1. The fourth-order valence-electron chi connectivity index (χ4n) is 3.44. The summed E-state index contributed by atoms with van der Waals surface area (Å²) in [7, 11) is 0. The molecule has 3 heteroatoms. The van der Waals surface area contributed by atoms with Gasteiger partial charge in [-0.15, -0.1) is 0 Å². The van der Waals surface area contributed by atoms with Gasteiger partial charge in [-0.3, -0.25) is 4.79 Å². The molecule has 0 fully saturated rings. The number of nitrogens with zero attached hydrogens (tertiary/aromatic N) is 1. The highest BCUT2D eigenvalue weighted by Gasteiger charge is 2.16. The number of hydrogen-bond acceptors (Lipinski definition) is 1. The quantitative estimate of drug-likeness (QED) is 0.279. The van der Waals surface area contributed by atoms with E-state index in [2.05, 4.69) is 35.0 Å². The fraction of sp³-hybridized carbons (Fsp3) is 0.348. The minimum Gasteiger partial charge on any atom is -0.313 e. The zero-order valence-electron chi connectivity index (χ0n) is 15.4. The van der Waals surface area contributed by atoms with Crippen LogP contribution in [0.4, 0.5) is 0 Å². The molecule has 2 aromatic heterocycles. The molecule has 136 valence electrons. The maximum absolute atomic E-state index is 13.0. The van der Waals surface area contributed by atoms with E-state index in [0.29, 0.717) is 0 Å². The van der Waals surface area contributed by atoms with Gasteiger partial charge in [-0.1, -0.05) is 61.0 Å². The Hall–Kier alpha value is -1.87. The minimum absolute atomic E-state index is 0.0768. The molecule has 0 spiro atoms. The highest BCUT2D eigenvalue weighted by Crippen LogP contribution is 2.23. The lowest BCUT2D eigenvalue weighted by molar-refractivity contribution is 0.103. The van der Waals surface area contributed by atoms with Crippen LogP contribution in [0, 0.1) is 0 Å². The highest BCUT2D eigenvalue weighted by atomic mass is 79.9. The van der Waals surface area contributed by atoms with Crippen molar-refractivity contribution in [1.82, 2.24) is 4.40 Å². The first-order valence-electron chi connectivity index (χ1n) is 9.60. The van der Waals surface area contributed by atoms with Crippen LogP contribution in [0.5, 0.6) is 0 Å². The third-order valence-electron chi connectivity index (χ3n) is 4.90. The van der Waals surface area contributed by atoms with E-state index in [0.717, 1.165) is 27.7 Å². The van der Waals surface area contributed by atoms with Gasteiger partial charge in [0.2, 0.25) is 5.78 Å². The average molecular weight is 412 g/mol. The van der Waals surface area contributed by atoms with Gasteiger partial charge in [0, 0.05) is 21.7 Å². The summed E-state index contributed by atoms with van der Waals surface area (Å²) in [5.74, 6) is 0.0768. The first-order valence-corrected chi connectivity index (χ1v) is 10.4. The van der Waals surface area contributed by atoms with E-state index in [9.17, 15) is 4.79 Å². The van der Waals surface area contributed by atoms with E-state index < -0.39 is 0 Å². The number of fused-ring (bicyclic) bond motifs is 1. The molecule has 0 saturated carbocycles. The summed E-state index contributed by atoms with van der Waals surface area (Å²) in [4.78, 5) is 13.0. The molecule has 3 rings (SSSR count). The van der Waals surface area contributed by atoms with Crippen molar-refractivity contribution in [1.29, 1.82) is 0 Å². The summed E-state index contributed by atoms with van der Waals surface area (Å²) >= 11 is 3.43. The largest absolute Gasteiger partial charge is 0.313 e. The van der Waals surface area contributed by atoms with Crippen LogP contribution < -0.4 is 0 Å². The van der Waals surface area contributed by atoms with Crippen LogP contribution in [0.1, 0.15) is 67.1 Å². The van der Waals surface area contributed by atoms with Crippen molar-refractivity contribution in [2.24, 2.45) is 0 Å². The SMILES string of the molecule is CCCCCCCCc1cc(C(=O)c2ccc(Br)cc2)n2ccccc12. The van der Waals surface area contributed by atoms with Crippen LogP contribution in [0.25, 0.3) is 5.52 Å². The van der Waals surface area contributed by atoms with Crippen LogP contribution in [-0.4, -0.2) is 10.2 Å². The van der Waals surface area contributed by atoms with Gasteiger partial charge in [-0.2, -0.15) is 0 Å². The molecule has 0 saturated heterocycles. The summed E-state index contributed by atoms with van der Waals surface area (Å²) < 4.78 is 3.02. The monoisotopic (exact) mass is 411 g/mol. The van der Waals surface area contributed by atoms with Gasteiger partial charge in [0.05, 0.1) is 5.69 Å². The Morgan fingerprint density at radius 2 is 1.69 bits per heavy atom. The molecule has 0 N–H and O–H groups in total. The number of rotatable bonds is 9. The van der Waals surface area contributed by atoms with Gasteiger partial charge < -0.3 is 4.40 Å². The van der Waals surface area contributed by atoms with Gasteiger partial charge in [0.1, 0.15) is 0 Å². The number of ketones is 1. The lowest BCUT2D eigenvalue weighted by Gasteiger charge is -2.03. The second-order valence-electron chi connectivity index (χ2n) is 6.86. The Labute approximate surface area is 164 Å². The molecular formula is C23H26BrNO. The lowest BCUT2D eigenvalue weighted by Crippen LogP contribution is -2.04. The van der Waals surface area contributed by atoms with Crippen molar-refractivity contribution in [3.05, 3.63) is 76.0 Å². The molecule has 0 amide bonds. The summed E-state index contributed by atoms with van der Waals surface area (Å²) in [6.45, 7) is 2.25. The van der Waals surface area contributed by atoms with Crippen molar-refractivity contribution in [3.63, 3.8) is 0 Å². The highest BCUT2D eigenvalue weighted by molar-refractivity contribution is 9.10. The zero-order valence-corrected chi connectivity index (χ0v) is 17.0. The van der Waals surface area contributed by atoms with Crippen molar-refractivity contribution in [2.75, 3.05) is 0 Å². The van der Waals surface area contributed by atoms with E-state index in [1.54, 1.807) is 0 Å². The number of aromatic nitrogens is 1. The Morgan fingerprint density at radius 1 is 0.962 bits per heavy atom. The third kappa shape index (κ3) is 4.45.